The Kier molecular flexibility index (Phi) is 6.51. The molecule has 1 N–H and O–H groups in total. The van der Waals surface area contributed by atoms with Crippen LogP contribution in [0.1, 0.15) is 31.2 Å². The number of carbonyl (C=O) groups excluding carboxylic acids is 4. The predicted molar refractivity (Wildman–Crippen MR) is 156 cm³/mol. The number of likely N-dealkylation sites (tertiary alicyclic amines) is 1. The van der Waals surface area contributed by atoms with Gasteiger partial charge in [-0.1, -0.05) is 23.8 Å². The molecule has 1 saturated carbocycles. The van der Waals surface area contributed by atoms with Crippen molar-refractivity contribution in [3.63, 3.8) is 0 Å². The normalized spacial score (nSPS) is 33.1. The zero-order chi connectivity index (χ0) is 28.7. The third-order valence-electron chi connectivity index (χ3n) is 8.74. The number of allylic oxidation sites excluding steroid dienone is 2. The number of phenols is 1. The zero-order valence-electron chi connectivity index (χ0n) is 21.6. The summed E-state index contributed by atoms with van der Waals surface area (Å²) in [4.78, 5) is 53.1. The molecule has 6 rings (SSSR count). The van der Waals surface area contributed by atoms with E-state index >= 15 is 0 Å². The summed E-state index contributed by atoms with van der Waals surface area (Å²) in [6, 6.07) is 12.0. The van der Waals surface area contributed by atoms with Crippen molar-refractivity contribution in [1.82, 2.24) is 4.90 Å². The van der Waals surface area contributed by atoms with Crippen molar-refractivity contribution >= 4 is 75.1 Å². The molecule has 11 heteroatoms. The van der Waals surface area contributed by atoms with Crippen LogP contribution >= 0.6 is 45.8 Å². The van der Waals surface area contributed by atoms with Gasteiger partial charge in [0, 0.05) is 22.1 Å². The summed E-state index contributed by atoms with van der Waals surface area (Å²) in [6.07, 6.45) is 1.97. The third kappa shape index (κ3) is 3.49. The van der Waals surface area contributed by atoms with Gasteiger partial charge in [-0.15, -0.1) is 23.2 Å². The summed E-state index contributed by atoms with van der Waals surface area (Å²) in [7, 11) is 1.33. The van der Waals surface area contributed by atoms with Gasteiger partial charge in [-0.05, 0) is 78.6 Å². The highest BCUT2D eigenvalue weighted by Gasteiger charge is 2.76. The van der Waals surface area contributed by atoms with Crippen molar-refractivity contribution < 1.29 is 29.0 Å². The van der Waals surface area contributed by atoms with Gasteiger partial charge in [0.15, 0.2) is 21.2 Å². The van der Waals surface area contributed by atoms with Crippen LogP contribution in [0.2, 0.25) is 0 Å². The number of fused-ring (bicyclic) bond motifs is 4. The van der Waals surface area contributed by atoms with Gasteiger partial charge in [0.25, 0.3) is 11.8 Å². The topological polar surface area (TPSA) is 104 Å². The van der Waals surface area contributed by atoms with E-state index in [2.05, 4.69) is 22.6 Å². The third-order valence-corrected chi connectivity index (χ3v) is 10.9. The lowest BCUT2D eigenvalue weighted by atomic mass is 9.56. The Morgan fingerprint density at radius 3 is 2.40 bits per heavy atom. The molecule has 0 aromatic heterocycles. The molecule has 6 atom stereocenters. The number of anilines is 1. The van der Waals surface area contributed by atoms with E-state index in [0.29, 0.717) is 11.3 Å². The van der Waals surface area contributed by atoms with Gasteiger partial charge in [0.1, 0.15) is 0 Å². The Morgan fingerprint density at radius 2 is 1.73 bits per heavy atom. The SMILES string of the molecule is CCOc1cccc(C2C3=CCC4C(=O)N(c5ccc(I)cc5)C(=O)C4C3CC3(Cl)C(=O)N(C)C(=O)C23Cl)c1O. The highest BCUT2D eigenvalue weighted by molar-refractivity contribution is 14.1. The lowest BCUT2D eigenvalue weighted by Gasteiger charge is -2.50. The van der Waals surface area contributed by atoms with E-state index in [1.165, 1.54) is 11.9 Å². The molecule has 208 valence electrons. The number of hydrogen-bond acceptors (Lipinski definition) is 6. The number of aromatic hydroxyl groups is 1. The summed E-state index contributed by atoms with van der Waals surface area (Å²) in [5.74, 6) is -5.27. The van der Waals surface area contributed by atoms with Gasteiger partial charge in [-0.2, -0.15) is 0 Å². The molecular formula is C29H25Cl2IN2O6. The highest BCUT2D eigenvalue weighted by atomic mass is 127. The van der Waals surface area contributed by atoms with E-state index < -0.39 is 45.2 Å². The second-order valence-corrected chi connectivity index (χ2v) is 13.1. The minimum Gasteiger partial charge on any atom is -0.504 e. The molecule has 2 aliphatic heterocycles. The highest BCUT2D eigenvalue weighted by Crippen LogP contribution is 2.66. The standard InChI is InChI=1S/C29H25Cl2IN2O6/c1-3-40-20-6-4-5-18(23(20)35)22-16-11-12-17-21(25(37)34(24(17)36)15-9-7-14(32)8-10-15)19(16)13-28(30)26(38)33(2)27(39)29(22,28)31/h4-11,17,19,21-22,35H,3,12-13H2,1-2H3. The van der Waals surface area contributed by atoms with E-state index in [1.54, 1.807) is 37.3 Å². The van der Waals surface area contributed by atoms with Gasteiger partial charge in [-0.25, -0.2) is 0 Å². The van der Waals surface area contributed by atoms with E-state index in [4.69, 9.17) is 27.9 Å². The van der Waals surface area contributed by atoms with Crippen LogP contribution in [-0.2, 0) is 19.2 Å². The molecule has 2 aliphatic carbocycles. The predicted octanol–water partition coefficient (Wildman–Crippen LogP) is 4.59. The Labute approximate surface area is 254 Å². The Hall–Kier alpha value is -2.63. The van der Waals surface area contributed by atoms with E-state index in [-0.39, 0.29) is 48.3 Å². The van der Waals surface area contributed by atoms with Crippen LogP contribution in [0.25, 0.3) is 0 Å². The number of imide groups is 2. The minimum absolute atomic E-state index is 0.109. The lowest BCUT2D eigenvalue weighted by Crippen LogP contribution is -2.60. The molecular weight excluding hydrogens is 670 g/mol. The smallest absolute Gasteiger partial charge is 0.253 e. The fraction of sp³-hybridized carbons (Fsp3) is 0.379. The van der Waals surface area contributed by atoms with Crippen LogP contribution in [0.3, 0.4) is 0 Å². The van der Waals surface area contributed by atoms with Crippen LogP contribution < -0.4 is 9.64 Å². The Bertz CT molecular complexity index is 1510. The van der Waals surface area contributed by atoms with Crippen LogP contribution in [0.4, 0.5) is 5.69 Å². The molecule has 3 fully saturated rings. The summed E-state index contributed by atoms with van der Waals surface area (Å²) in [5.41, 5.74) is 1.35. The van der Waals surface area contributed by atoms with Crippen LogP contribution in [0.15, 0.2) is 54.1 Å². The number of hydrogen-bond donors (Lipinski definition) is 1. The first-order valence-electron chi connectivity index (χ1n) is 13.0. The molecule has 6 unspecified atom stereocenters. The van der Waals surface area contributed by atoms with Gasteiger partial charge in [0.05, 0.1) is 24.1 Å². The number of nitrogens with zero attached hydrogens (tertiary/aromatic N) is 2. The van der Waals surface area contributed by atoms with Crippen molar-refractivity contribution in [2.24, 2.45) is 17.8 Å². The molecule has 40 heavy (non-hydrogen) atoms. The first kappa shape index (κ1) is 27.5. The molecule has 0 bridgehead atoms. The average molecular weight is 695 g/mol. The van der Waals surface area contributed by atoms with Gasteiger partial charge in [-0.3, -0.25) is 29.0 Å². The number of carbonyl (C=O) groups is 4. The number of para-hydroxylation sites is 1. The van der Waals surface area contributed by atoms with Crippen LogP contribution in [0.5, 0.6) is 11.5 Å². The molecule has 2 aromatic rings. The molecule has 2 aromatic carbocycles. The monoisotopic (exact) mass is 694 g/mol. The summed E-state index contributed by atoms with van der Waals surface area (Å²) in [5, 5.41) is 11.3. The molecule has 8 nitrogen and oxygen atoms in total. The average Bonchev–Trinajstić information content (AvgIpc) is 3.26. The number of alkyl halides is 2. The van der Waals surface area contributed by atoms with Crippen molar-refractivity contribution in [2.75, 3.05) is 18.6 Å². The quantitative estimate of drug-likeness (QED) is 0.218. The minimum atomic E-state index is -1.97. The van der Waals surface area contributed by atoms with E-state index in [0.717, 1.165) is 8.47 Å². The van der Waals surface area contributed by atoms with Crippen LogP contribution in [-0.4, -0.2) is 57.0 Å². The number of halogens is 3. The summed E-state index contributed by atoms with van der Waals surface area (Å²) in [6.45, 7) is 2.06. The van der Waals surface area contributed by atoms with Crippen molar-refractivity contribution in [3.05, 3.63) is 63.2 Å². The second-order valence-electron chi connectivity index (χ2n) is 10.6. The maximum Gasteiger partial charge on any atom is 0.253 e. The molecule has 0 spiro atoms. The summed E-state index contributed by atoms with van der Waals surface area (Å²) < 4.78 is 6.56. The maximum atomic E-state index is 14.0. The Morgan fingerprint density at radius 1 is 1.02 bits per heavy atom. The number of benzene rings is 2. The fourth-order valence-corrected chi connectivity index (χ4v) is 8.35. The van der Waals surface area contributed by atoms with Gasteiger partial charge < -0.3 is 9.84 Å². The summed E-state index contributed by atoms with van der Waals surface area (Å²) >= 11 is 16.5. The first-order chi connectivity index (χ1) is 19.0. The lowest BCUT2D eigenvalue weighted by molar-refractivity contribution is -0.138. The number of phenolic OH excluding ortho intramolecular Hbond substituents is 1. The molecule has 0 radical (unpaired) electrons. The largest absolute Gasteiger partial charge is 0.504 e. The van der Waals surface area contributed by atoms with Crippen molar-refractivity contribution in [2.45, 2.75) is 35.4 Å². The zero-order valence-corrected chi connectivity index (χ0v) is 25.2. The maximum absolute atomic E-state index is 14.0. The number of ether oxygens (including phenoxy) is 1. The fourth-order valence-electron chi connectivity index (χ4n) is 6.98. The van der Waals surface area contributed by atoms with E-state index in [1.807, 2.05) is 18.2 Å². The molecule has 2 heterocycles. The molecule has 2 saturated heterocycles. The van der Waals surface area contributed by atoms with Crippen molar-refractivity contribution in [3.8, 4) is 11.5 Å². The molecule has 4 amide bonds. The number of amides is 4. The Balaban J connectivity index is 1.53. The van der Waals surface area contributed by atoms with Gasteiger partial charge >= 0.3 is 0 Å². The second kappa shape index (κ2) is 9.46. The van der Waals surface area contributed by atoms with Gasteiger partial charge in [0.2, 0.25) is 11.8 Å². The first-order valence-corrected chi connectivity index (χ1v) is 14.8. The van der Waals surface area contributed by atoms with E-state index in [9.17, 15) is 24.3 Å². The molecule has 4 aliphatic rings. The van der Waals surface area contributed by atoms with Crippen LogP contribution in [0, 0.1) is 21.3 Å². The van der Waals surface area contributed by atoms with Crippen molar-refractivity contribution in [1.29, 1.82) is 0 Å². The number of rotatable bonds is 4.